The van der Waals surface area contributed by atoms with Gasteiger partial charge in [-0.3, -0.25) is 9.10 Å². The number of nitrogens with zero attached hydrogens (tertiary/aromatic N) is 3. The second kappa shape index (κ2) is 10.9. The number of benzene rings is 3. The fourth-order valence-electron chi connectivity index (χ4n) is 4.86. The summed E-state index contributed by atoms with van der Waals surface area (Å²) in [5, 5.41) is 3.54. The minimum atomic E-state index is -3.79. The van der Waals surface area contributed by atoms with Crippen LogP contribution < -0.4 is 9.62 Å². The molecule has 3 aromatic carbocycles. The number of hydrogen-bond acceptors (Lipinski definition) is 7. The van der Waals surface area contributed by atoms with Crippen molar-refractivity contribution in [1.29, 1.82) is 0 Å². The van der Waals surface area contributed by atoms with Crippen molar-refractivity contribution in [2.75, 3.05) is 24.2 Å². The summed E-state index contributed by atoms with van der Waals surface area (Å²) in [5.74, 6) is -1.59. The number of amides is 1. The molecule has 0 saturated carbocycles. The Bertz CT molecular complexity index is 2110. The molecule has 12 heteroatoms. The number of anilines is 1. The molecule has 0 radical (unpaired) electrons. The predicted molar refractivity (Wildman–Crippen MR) is 165 cm³/mol. The molecule has 1 N–H and O–H groups in total. The summed E-state index contributed by atoms with van der Waals surface area (Å²) in [4.78, 5) is 22.9. The maximum Gasteiger partial charge on any atom is 0.255 e. The van der Waals surface area contributed by atoms with Crippen LogP contribution in [0.5, 0.6) is 0 Å². The van der Waals surface area contributed by atoms with Gasteiger partial charge in [0.05, 0.1) is 17.0 Å². The number of aromatic nitrogens is 2. The van der Waals surface area contributed by atoms with Crippen LogP contribution >= 0.6 is 11.3 Å². The Morgan fingerprint density at radius 2 is 1.77 bits per heavy atom. The standard InChI is InChI=1S/C31H24F2N4O4S2/c1-4-43(39,40)37(3)25-16-26-22(27(29(38)34-2)28(41-26)17-7-10-19(32)11-8-17)15-21(25)20-14-18(9-12-23(20)33)30-36-24-6-5-13-35-31(24)42-30/h5-16H,4H2,1-3H3,(H,34,38). The maximum atomic E-state index is 15.7. The van der Waals surface area contributed by atoms with Crippen molar-refractivity contribution in [3.63, 3.8) is 0 Å². The second-order valence-electron chi connectivity index (χ2n) is 9.67. The van der Waals surface area contributed by atoms with Gasteiger partial charge in [-0.25, -0.2) is 27.2 Å². The average Bonchev–Trinajstić information content (AvgIpc) is 3.62. The lowest BCUT2D eigenvalue weighted by atomic mass is 9.97. The largest absolute Gasteiger partial charge is 0.455 e. The van der Waals surface area contributed by atoms with E-state index in [-0.39, 0.29) is 39.5 Å². The summed E-state index contributed by atoms with van der Waals surface area (Å²) in [7, 11) is -0.951. The molecule has 0 fully saturated rings. The monoisotopic (exact) mass is 618 g/mol. The minimum absolute atomic E-state index is 0.104. The van der Waals surface area contributed by atoms with E-state index in [4.69, 9.17) is 4.42 Å². The molecule has 6 aromatic rings. The quantitative estimate of drug-likeness (QED) is 0.210. The van der Waals surface area contributed by atoms with Crippen molar-refractivity contribution in [2.45, 2.75) is 6.92 Å². The molecule has 0 aliphatic heterocycles. The van der Waals surface area contributed by atoms with Gasteiger partial charge in [-0.2, -0.15) is 0 Å². The van der Waals surface area contributed by atoms with Gasteiger partial charge >= 0.3 is 0 Å². The highest BCUT2D eigenvalue weighted by atomic mass is 32.2. The van der Waals surface area contributed by atoms with Gasteiger partial charge in [0, 0.05) is 54.0 Å². The Labute approximate surface area is 249 Å². The van der Waals surface area contributed by atoms with Crippen molar-refractivity contribution < 1.29 is 26.4 Å². The van der Waals surface area contributed by atoms with E-state index in [0.29, 0.717) is 27.0 Å². The van der Waals surface area contributed by atoms with Gasteiger partial charge in [0.25, 0.3) is 5.91 Å². The molecule has 1 amide bonds. The topological polar surface area (TPSA) is 105 Å². The first kappa shape index (κ1) is 28.4. The van der Waals surface area contributed by atoms with Crippen LogP contribution in [0.15, 0.2) is 77.3 Å². The van der Waals surface area contributed by atoms with Crippen LogP contribution in [0.2, 0.25) is 0 Å². The van der Waals surface area contributed by atoms with E-state index >= 15 is 4.39 Å². The van der Waals surface area contributed by atoms with Crippen molar-refractivity contribution >= 4 is 54.3 Å². The molecule has 43 heavy (non-hydrogen) atoms. The number of furan rings is 1. The highest BCUT2D eigenvalue weighted by molar-refractivity contribution is 7.92. The summed E-state index contributed by atoms with van der Waals surface area (Å²) in [6.07, 6.45) is 1.67. The Kier molecular flexibility index (Phi) is 7.18. The summed E-state index contributed by atoms with van der Waals surface area (Å²) in [6, 6.07) is 16.6. The fraction of sp³-hybridized carbons (Fsp3) is 0.129. The summed E-state index contributed by atoms with van der Waals surface area (Å²) >= 11 is 1.35. The molecule has 8 nitrogen and oxygen atoms in total. The first-order valence-corrected chi connectivity index (χ1v) is 15.6. The molecule has 0 atom stereocenters. The van der Waals surface area contributed by atoms with Crippen molar-refractivity contribution in [3.8, 4) is 33.0 Å². The van der Waals surface area contributed by atoms with E-state index in [1.54, 1.807) is 30.5 Å². The SMILES string of the molecule is CCS(=O)(=O)N(C)c1cc2oc(-c3ccc(F)cc3)c(C(=O)NC)c2cc1-c1cc(-c2nc3cccnc3s2)ccc1F. The first-order chi connectivity index (χ1) is 20.6. The average molecular weight is 619 g/mol. The Balaban J connectivity index is 1.64. The van der Waals surface area contributed by atoms with Crippen LogP contribution in [0.4, 0.5) is 14.5 Å². The van der Waals surface area contributed by atoms with Crippen LogP contribution in [0.1, 0.15) is 17.3 Å². The van der Waals surface area contributed by atoms with Crippen LogP contribution in [0, 0.1) is 11.6 Å². The molecular weight excluding hydrogens is 594 g/mol. The zero-order chi connectivity index (χ0) is 30.5. The normalized spacial score (nSPS) is 11.7. The number of nitrogens with one attached hydrogen (secondary N) is 1. The third-order valence-corrected chi connectivity index (χ3v) is 9.95. The van der Waals surface area contributed by atoms with E-state index < -0.39 is 27.6 Å². The summed E-state index contributed by atoms with van der Waals surface area (Å²) in [5.41, 5.74) is 2.57. The molecule has 3 aromatic heterocycles. The smallest absolute Gasteiger partial charge is 0.255 e. The summed E-state index contributed by atoms with van der Waals surface area (Å²) in [6.45, 7) is 1.51. The molecule has 0 saturated heterocycles. The Hall–Kier alpha value is -4.68. The van der Waals surface area contributed by atoms with Gasteiger partial charge in [0.1, 0.15) is 38.3 Å². The van der Waals surface area contributed by atoms with Crippen LogP contribution in [0.3, 0.4) is 0 Å². The maximum absolute atomic E-state index is 15.7. The predicted octanol–water partition coefficient (Wildman–Crippen LogP) is 6.86. The number of fused-ring (bicyclic) bond motifs is 2. The van der Waals surface area contributed by atoms with Crippen molar-refractivity contribution in [1.82, 2.24) is 15.3 Å². The molecule has 218 valence electrons. The van der Waals surface area contributed by atoms with Crippen molar-refractivity contribution in [3.05, 3.63) is 90.1 Å². The Morgan fingerprint density at radius 3 is 2.47 bits per heavy atom. The molecular formula is C31H24F2N4O4S2. The molecule has 6 rings (SSSR count). The third-order valence-electron chi connectivity index (χ3n) is 7.16. The lowest BCUT2D eigenvalue weighted by Gasteiger charge is -2.22. The second-order valence-corrected chi connectivity index (χ2v) is 12.9. The number of thiazole rings is 1. The van der Waals surface area contributed by atoms with Gasteiger partial charge in [0.2, 0.25) is 10.0 Å². The molecule has 0 aliphatic carbocycles. The van der Waals surface area contributed by atoms with E-state index in [1.807, 2.05) is 6.07 Å². The van der Waals surface area contributed by atoms with E-state index in [1.165, 1.54) is 68.8 Å². The number of carbonyl (C=O) groups is 1. The van der Waals surface area contributed by atoms with Gasteiger partial charge in [0.15, 0.2) is 0 Å². The molecule has 3 heterocycles. The van der Waals surface area contributed by atoms with Crippen LogP contribution in [0.25, 0.3) is 54.3 Å². The lowest BCUT2D eigenvalue weighted by Crippen LogP contribution is -2.28. The number of rotatable bonds is 7. The number of carbonyl (C=O) groups excluding carboxylic acids is 1. The summed E-state index contributed by atoms with van der Waals surface area (Å²) < 4.78 is 62.7. The van der Waals surface area contributed by atoms with Gasteiger partial charge in [-0.15, -0.1) is 0 Å². The molecule has 0 bridgehead atoms. The molecule has 0 aliphatic rings. The van der Waals surface area contributed by atoms with E-state index in [2.05, 4.69) is 15.3 Å². The number of sulfonamides is 1. The first-order valence-electron chi connectivity index (χ1n) is 13.2. The van der Waals surface area contributed by atoms with Crippen LogP contribution in [-0.4, -0.2) is 44.1 Å². The number of pyridine rings is 1. The van der Waals surface area contributed by atoms with Gasteiger partial charge in [-0.05, 0) is 67.6 Å². The number of halogens is 2. The number of hydrogen-bond donors (Lipinski definition) is 1. The zero-order valence-corrected chi connectivity index (χ0v) is 24.8. The van der Waals surface area contributed by atoms with Crippen LogP contribution in [-0.2, 0) is 10.0 Å². The van der Waals surface area contributed by atoms with E-state index in [0.717, 1.165) is 9.14 Å². The molecule has 0 spiro atoms. The third kappa shape index (κ3) is 5.02. The lowest BCUT2D eigenvalue weighted by molar-refractivity contribution is 0.0964. The fourth-order valence-corrected chi connectivity index (χ4v) is 6.61. The zero-order valence-electron chi connectivity index (χ0n) is 23.2. The van der Waals surface area contributed by atoms with Crippen molar-refractivity contribution in [2.24, 2.45) is 0 Å². The Morgan fingerprint density at radius 1 is 1.02 bits per heavy atom. The minimum Gasteiger partial charge on any atom is -0.455 e. The van der Waals surface area contributed by atoms with Gasteiger partial charge < -0.3 is 9.73 Å². The highest BCUT2D eigenvalue weighted by Gasteiger charge is 2.27. The molecule has 0 unspecified atom stereocenters. The van der Waals surface area contributed by atoms with E-state index in [9.17, 15) is 17.6 Å². The van der Waals surface area contributed by atoms with Gasteiger partial charge in [-0.1, -0.05) is 11.3 Å². The highest BCUT2D eigenvalue weighted by Crippen LogP contribution is 2.43.